The minimum atomic E-state index is 0.392. The van der Waals surface area contributed by atoms with Crippen LogP contribution >= 0.6 is 0 Å². The van der Waals surface area contributed by atoms with Crippen LogP contribution in [0.1, 0.15) is 117 Å². The topological polar surface area (TPSA) is 12.5 Å². The van der Waals surface area contributed by atoms with E-state index >= 15 is 0 Å². The fraction of sp³-hybridized carbons (Fsp3) is 1.00. The summed E-state index contributed by atoms with van der Waals surface area (Å²) >= 11 is 0. The molecular weight excluding hydrogens is 402 g/mol. The molecule has 33 heavy (non-hydrogen) atoms. The molecular formula is C31H53NO. The van der Waals surface area contributed by atoms with E-state index in [1.54, 1.807) is 0 Å². The van der Waals surface area contributed by atoms with Crippen LogP contribution in [0.4, 0.5) is 0 Å². The van der Waals surface area contributed by atoms with Crippen molar-refractivity contribution in [2.24, 2.45) is 51.8 Å². The lowest BCUT2D eigenvalue weighted by atomic mass is 9.38. The molecule has 2 nitrogen and oxygen atoms in total. The normalized spacial score (nSPS) is 54.7. The molecule has 5 saturated carbocycles. The van der Waals surface area contributed by atoms with Crippen LogP contribution in [0.15, 0.2) is 0 Å². The van der Waals surface area contributed by atoms with E-state index in [0.29, 0.717) is 22.5 Å². The van der Waals surface area contributed by atoms with Crippen LogP contribution in [0, 0.1) is 51.8 Å². The van der Waals surface area contributed by atoms with Crippen molar-refractivity contribution >= 4 is 0 Å². The highest BCUT2D eigenvalue weighted by atomic mass is 16.5. The minimum Gasteiger partial charge on any atom is -0.363 e. The van der Waals surface area contributed by atoms with Gasteiger partial charge in [-0.2, -0.15) is 0 Å². The van der Waals surface area contributed by atoms with Gasteiger partial charge in [-0.05, 0) is 136 Å². The summed E-state index contributed by atoms with van der Waals surface area (Å²) in [5.41, 5.74) is 1.77. The third-order valence-electron chi connectivity index (χ3n) is 13.4. The van der Waals surface area contributed by atoms with Crippen LogP contribution in [0.2, 0.25) is 0 Å². The molecule has 10 unspecified atom stereocenters. The van der Waals surface area contributed by atoms with Gasteiger partial charge in [0.15, 0.2) is 0 Å². The molecule has 10 atom stereocenters. The summed E-state index contributed by atoms with van der Waals surface area (Å²) in [6.07, 6.45) is 22.4. The second-order valence-corrected chi connectivity index (χ2v) is 14.6. The van der Waals surface area contributed by atoms with E-state index in [-0.39, 0.29) is 0 Å². The minimum absolute atomic E-state index is 0.392. The van der Waals surface area contributed by atoms with Gasteiger partial charge in [0.05, 0.1) is 6.61 Å². The number of piperidine rings is 1. The number of hydrogen-bond donors (Lipinski definition) is 0. The molecule has 0 spiro atoms. The maximum atomic E-state index is 6.78. The van der Waals surface area contributed by atoms with Crippen LogP contribution in [0.5, 0.6) is 0 Å². The lowest BCUT2D eigenvalue weighted by Crippen LogP contribution is -2.60. The molecule has 6 fully saturated rings. The van der Waals surface area contributed by atoms with Crippen LogP contribution in [0.25, 0.3) is 0 Å². The van der Waals surface area contributed by atoms with E-state index in [1.165, 1.54) is 103 Å². The second-order valence-electron chi connectivity index (χ2n) is 14.6. The largest absolute Gasteiger partial charge is 0.363 e. The van der Waals surface area contributed by atoms with Crippen molar-refractivity contribution < 1.29 is 4.74 Å². The molecule has 2 heteroatoms. The Morgan fingerprint density at radius 3 is 2.36 bits per heavy atom. The fourth-order valence-electron chi connectivity index (χ4n) is 11.8. The Kier molecular flexibility index (Phi) is 6.01. The van der Waals surface area contributed by atoms with Crippen molar-refractivity contribution in [1.29, 1.82) is 0 Å². The Morgan fingerprint density at radius 1 is 0.727 bits per heavy atom. The Labute approximate surface area is 205 Å². The number of fused-ring (bicyclic) bond motifs is 7. The summed E-state index contributed by atoms with van der Waals surface area (Å²) in [6.45, 7) is 10.4. The molecule has 0 aromatic heterocycles. The van der Waals surface area contributed by atoms with Crippen molar-refractivity contribution in [2.75, 3.05) is 20.2 Å². The average molecular weight is 456 g/mol. The molecule has 0 bridgehead atoms. The number of nitrogens with zero attached hydrogens (tertiary/aromatic N) is 1. The third kappa shape index (κ3) is 3.53. The third-order valence-corrected chi connectivity index (χ3v) is 13.4. The molecule has 188 valence electrons. The van der Waals surface area contributed by atoms with Crippen molar-refractivity contribution in [3.8, 4) is 0 Å². The molecule has 0 radical (unpaired) electrons. The number of ether oxygens (including phenoxy) is 1. The first-order valence-electron chi connectivity index (χ1n) is 15.2. The standard InChI is InChI=1S/C31H53NO/c1-22-9-7-16-29(2)24(22)14-18-30(3)25-15-19-31(21-33-28-11-5-6-20-32(28)4)17-8-10-26(31)23(25)12-13-27(29)30/h22-28H,5-21H2,1-4H3. The van der Waals surface area contributed by atoms with E-state index < -0.39 is 0 Å². The SMILES string of the molecule is CC1CCCC2(C)C1CCC1(C)C3CCC4(COC5CCCCN5C)CCCC4C3CCC21. The van der Waals surface area contributed by atoms with E-state index in [9.17, 15) is 0 Å². The monoisotopic (exact) mass is 455 g/mol. The van der Waals surface area contributed by atoms with Gasteiger partial charge in [-0.1, -0.05) is 40.0 Å². The van der Waals surface area contributed by atoms with Gasteiger partial charge >= 0.3 is 0 Å². The van der Waals surface area contributed by atoms with Crippen LogP contribution in [-0.2, 0) is 4.74 Å². The lowest BCUT2D eigenvalue weighted by Gasteiger charge is -2.67. The highest BCUT2D eigenvalue weighted by Gasteiger charge is 2.64. The molecule has 6 rings (SSSR count). The average Bonchev–Trinajstić information content (AvgIpc) is 3.23. The number of hydrogen-bond acceptors (Lipinski definition) is 2. The quantitative estimate of drug-likeness (QED) is 0.428. The van der Waals surface area contributed by atoms with Crippen molar-refractivity contribution in [3.63, 3.8) is 0 Å². The summed E-state index contributed by atoms with van der Waals surface area (Å²) in [6, 6.07) is 0. The molecule has 0 aromatic carbocycles. The van der Waals surface area contributed by atoms with E-state index in [4.69, 9.17) is 4.74 Å². The summed E-state index contributed by atoms with van der Waals surface area (Å²) in [7, 11) is 2.29. The summed E-state index contributed by atoms with van der Waals surface area (Å²) in [5, 5.41) is 0. The van der Waals surface area contributed by atoms with Crippen LogP contribution in [-0.4, -0.2) is 31.3 Å². The van der Waals surface area contributed by atoms with Crippen LogP contribution < -0.4 is 0 Å². The van der Waals surface area contributed by atoms with Crippen molar-refractivity contribution in [1.82, 2.24) is 4.90 Å². The Balaban J connectivity index is 1.21. The zero-order valence-electron chi connectivity index (χ0n) is 22.4. The van der Waals surface area contributed by atoms with Crippen molar-refractivity contribution in [2.45, 2.75) is 123 Å². The molecule has 1 saturated heterocycles. The first-order chi connectivity index (χ1) is 15.9. The van der Waals surface area contributed by atoms with Gasteiger partial charge in [-0.3, -0.25) is 4.90 Å². The molecule has 0 amide bonds. The maximum absolute atomic E-state index is 6.78. The zero-order valence-corrected chi connectivity index (χ0v) is 22.4. The van der Waals surface area contributed by atoms with Gasteiger partial charge in [0, 0.05) is 6.54 Å². The highest BCUT2D eigenvalue weighted by molar-refractivity contribution is 5.13. The van der Waals surface area contributed by atoms with Crippen LogP contribution in [0.3, 0.4) is 0 Å². The van der Waals surface area contributed by atoms with E-state index in [2.05, 4.69) is 32.7 Å². The summed E-state index contributed by atoms with van der Waals surface area (Å²) < 4.78 is 6.78. The van der Waals surface area contributed by atoms with Gasteiger partial charge in [-0.15, -0.1) is 0 Å². The van der Waals surface area contributed by atoms with Crippen molar-refractivity contribution in [3.05, 3.63) is 0 Å². The predicted octanol–water partition coefficient (Wildman–Crippen LogP) is 7.91. The predicted molar refractivity (Wildman–Crippen MR) is 137 cm³/mol. The maximum Gasteiger partial charge on any atom is 0.110 e. The van der Waals surface area contributed by atoms with Gasteiger partial charge < -0.3 is 4.74 Å². The molecule has 0 aromatic rings. The smallest absolute Gasteiger partial charge is 0.110 e. The Morgan fingerprint density at radius 2 is 1.52 bits per heavy atom. The highest BCUT2D eigenvalue weighted by Crippen LogP contribution is 2.71. The Bertz CT molecular complexity index is 722. The molecule has 1 aliphatic heterocycles. The van der Waals surface area contributed by atoms with E-state index in [1.807, 2.05) is 0 Å². The lowest BCUT2D eigenvalue weighted by molar-refractivity contribution is -0.193. The zero-order chi connectivity index (χ0) is 22.8. The van der Waals surface area contributed by atoms with E-state index in [0.717, 1.165) is 42.1 Å². The fourth-order valence-corrected chi connectivity index (χ4v) is 11.8. The molecule has 6 aliphatic rings. The molecule has 5 aliphatic carbocycles. The number of rotatable bonds is 3. The first kappa shape index (κ1) is 23.3. The number of likely N-dealkylation sites (tertiary alicyclic amines) is 1. The van der Waals surface area contributed by atoms with Gasteiger partial charge in [0.1, 0.15) is 6.23 Å². The molecule has 1 heterocycles. The van der Waals surface area contributed by atoms with Gasteiger partial charge in [0.2, 0.25) is 0 Å². The summed E-state index contributed by atoms with van der Waals surface area (Å²) in [5.74, 6) is 5.93. The second kappa shape index (κ2) is 8.50. The Hall–Kier alpha value is -0.0800. The van der Waals surface area contributed by atoms with Gasteiger partial charge in [0.25, 0.3) is 0 Å². The molecule has 0 N–H and O–H groups in total. The van der Waals surface area contributed by atoms with Gasteiger partial charge in [-0.25, -0.2) is 0 Å². The summed E-state index contributed by atoms with van der Waals surface area (Å²) in [4.78, 5) is 2.49. The first-order valence-corrected chi connectivity index (χ1v) is 15.2.